The molecule has 1 spiro atoms. The molecule has 5 heterocycles. The second-order valence-electron chi connectivity index (χ2n) is 15.9. The minimum atomic E-state index is -0.625. The molecule has 3 N–H and O–H groups in total. The molecule has 5 aliphatic heterocycles. The van der Waals surface area contributed by atoms with Crippen molar-refractivity contribution in [3.63, 3.8) is 0 Å². The van der Waals surface area contributed by atoms with Gasteiger partial charge in [-0.25, -0.2) is 4.79 Å². The van der Waals surface area contributed by atoms with Crippen LogP contribution in [-0.2, 0) is 17.9 Å². The van der Waals surface area contributed by atoms with Crippen molar-refractivity contribution in [2.45, 2.75) is 77.6 Å². The molecule has 5 aliphatic rings. The van der Waals surface area contributed by atoms with Crippen molar-refractivity contribution in [1.29, 1.82) is 0 Å². The van der Waals surface area contributed by atoms with Crippen LogP contribution in [0.5, 0.6) is 5.75 Å². The maximum Gasteiger partial charge on any atom is 0.317 e. The number of urea groups is 1. The van der Waals surface area contributed by atoms with Crippen molar-refractivity contribution in [3.05, 3.63) is 95.1 Å². The standard InChI is InChI=1S/C40H49N5O4.ClH/c1-39(2,3)42-38(48)43-21-19-40(20-22-43)35(44(37(40)47)33-12-8-32(9-13-33)36(41)46)31-10-14-34(15-11-31)49-27-30-6-4-29(5-7-30)26-45-23-16-28(17-24-45)18-25-45;/h4-15,28,35H,16-27H2,1-3H3,(H2-,41,42,46,48);1H/p+1. The fraction of sp³-hybridized carbons (Fsp3) is 0.475. The Hall–Kier alpha value is -4.08. The average molecular weight is 701 g/mol. The van der Waals surface area contributed by atoms with Gasteiger partial charge in [0.15, 0.2) is 0 Å². The number of benzene rings is 3. The van der Waals surface area contributed by atoms with E-state index in [1.54, 1.807) is 24.3 Å². The molecule has 266 valence electrons. The van der Waals surface area contributed by atoms with Crippen LogP contribution in [0.4, 0.5) is 10.5 Å². The molecule has 5 saturated heterocycles. The summed E-state index contributed by atoms with van der Waals surface area (Å²) in [6.07, 6.45) is 5.30. The Morgan fingerprint density at radius 2 is 1.46 bits per heavy atom. The summed E-state index contributed by atoms with van der Waals surface area (Å²) in [6, 6.07) is 23.6. The lowest BCUT2D eigenvalue weighted by molar-refractivity contribution is -0.955. The molecule has 1 atom stereocenters. The van der Waals surface area contributed by atoms with Crippen molar-refractivity contribution < 1.29 is 23.6 Å². The lowest BCUT2D eigenvalue weighted by Crippen LogP contribution is -2.67. The van der Waals surface area contributed by atoms with Gasteiger partial charge >= 0.3 is 6.03 Å². The maximum atomic E-state index is 14.0. The summed E-state index contributed by atoms with van der Waals surface area (Å²) < 4.78 is 7.48. The maximum absolute atomic E-state index is 14.0. The number of carbonyl (C=O) groups is 3. The molecular formula is C40H51ClN5O4+. The van der Waals surface area contributed by atoms with E-state index in [0.29, 0.717) is 38.1 Å². The van der Waals surface area contributed by atoms with E-state index in [9.17, 15) is 14.4 Å². The van der Waals surface area contributed by atoms with Crippen LogP contribution in [0.15, 0.2) is 72.8 Å². The Labute approximate surface area is 302 Å². The normalized spacial score (nSPS) is 23.9. The number of quaternary nitrogens is 1. The summed E-state index contributed by atoms with van der Waals surface area (Å²) in [5, 5.41) is 3.05. The van der Waals surface area contributed by atoms with Gasteiger partial charge < -0.3 is 30.1 Å². The molecular weight excluding hydrogens is 650 g/mol. The van der Waals surface area contributed by atoms with Crippen molar-refractivity contribution in [3.8, 4) is 5.75 Å². The highest BCUT2D eigenvalue weighted by Gasteiger charge is 2.62. The smallest absolute Gasteiger partial charge is 0.317 e. The van der Waals surface area contributed by atoms with Gasteiger partial charge in [-0.1, -0.05) is 36.4 Å². The molecule has 9 nitrogen and oxygen atoms in total. The fourth-order valence-electron chi connectivity index (χ4n) is 8.59. The van der Waals surface area contributed by atoms with Crippen LogP contribution in [0, 0.1) is 11.3 Å². The number of anilines is 1. The number of nitrogens with one attached hydrogen (secondary N) is 1. The fourth-order valence-corrected chi connectivity index (χ4v) is 8.59. The van der Waals surface area contributed by atoms with E-state index in [1.807, 2.05) is 42.7 Å². The lowest BCUT2D eigenvalue weighted by Gasteiger charge is -2.59. The first-order valence-corrected chi connectivity index (χ1v) is 17.9. The summed E-state index contributed by atoms with van der Waals surface area (Å²) in [4.78, 5) is 42.3. The number of rotatable bonds is 8. The summed E-state index contributed by atoms with van der Waals surface area (Å²) in [6.45, 7) is 12.5. The first-order chi connectivity index (χ1) is 23.4. The molecule has 0 aromatic heterocycles. The van der Waals surface area contributed by atoms with Crippen LogP contribution >= 0.6 is 12.4 Å². The number of fused-ring (bicyclic) bond motifs is 3. The molecule has 50 heavy (non-hydrogen) atoms. The molecule has 10 heteroatoms. The highest BCUT2D eigenvalue weighted by Crippen LogP contribution is 2.57. The predicted octanol–water partition coefficient (Wildman–Crippen LogP) is 6.60. The van der Waals surface area contributed by atoms with E-state index >= 15 is 0 Å². The Morgan fingerprint density at radius 1 is 0.880 bits per heavy atom. The number of carbonyl (C=O) groups excluding carboxylic acids is 3. The van der Waals surface area contributed by atoms with Crippen molar-refractivity contribution in [2.24, 2.45) is 17.1 Å². The molecule has 3 aromatic carbocycles. The number of likely N-dealkylation sites (tertiary alicyclic amines) is 1. The van der Waals surface area contributed by atoms with E-state index in [0.717, 1.165) is 35.0 Å². The highest BCUT2D eigenvalue weighted by atomic mass is 35.5. The monoisotopic (exact) mass is 700 g/mol. The predicted molar refractivity (Wildman–Crippen MR) is 197 cm³/mol. The Bertz CT molecular complexity index is 1670. The summed E-state index contributed by atoms with van der Waals surface area (Å²) in [7, 11) is 0. The topological polar surface area (TPSA) is 105 Å². The molecule has 0 radical (unpaired) electrons. The van der Waals surface area contributed by atoms with Crippen LogP contribution in [0.25, 0.3) is 0 Å². The van der Waals surface area contributed by atoms with Crippen molar-refractivity contribution in [1.82, 2.24) is 10.2 Å². The number of hydrogen-bond donors (Lipinski definition) is 2. The molecule has 2 bridgehead atoms. The van der Waals surface area contributed by atoms with Crippen LogP contribution < -0.4 is 20.7 Å². The Morgan fingerprint density at radius 3 is 2.02 bits per heavy atom. The third-order valence-electron chi connectivity index (χ3n) is 11.5. The third-order valence-corrected chi connectivity index (χ3v) is 11.5. The van der Waals surface area contributed by atoms with Gasteiger partial charge in [-0.15, -0.1) is 12.4 Å². The zero-order chi connectivity index (χ0) is 34.4. The molecule has 0 saturated carbocycles. The molecule has 5 fully saturated rings. The number of hydrogen-bond acceptors (Lipinski definition) is 4. The second-order valence-corrected chi connectivity index (χ2v) is 15.9. The van der Waals surface area contributed by atoms with E-state index in [4.69, 9.17) is 10.5 Å². The van der Waals surface area contributed by atoms with Gasteiger partial charge in [0, 0.05) is 35.4 Å². The van der Waals surface area contributed by atoms with Gasteiger partial charge in [-0.2, -0.15) is 0 Å². The number of β-lactam (4-membered cyclic amide) rings is 1. The molecule has 3 aromatic rings. The zero-order valence-corrected chi connectivity index (χ0v) is 30.3. The highest BCUT2D eigenvalue weighted by molar-refractivity contribution is 6.07. The SMILES string of the molecule is CC(C)(C)NC(=O)N1CCC2(CC1)C(=O)N(c1ccc(C(N)=O)cc1)C2c1ccc(OCc2ccc(C[N+]34CCC(CC3)CC4)cc2)cc1.Cl. The average Bonchev–Trinajstić information content (AvgIpc) is 3.10. The van der Waals surface area contributed by atoms with Gasteiger partial charge in [0.2, 0.25) is 11.8 Å². The first kappa shape index (κ1) is 35.7. The Balaban J connectivity index is 0.00000432. The molecule has 1 unspecified atom stereocenters. The lowest BCUT2D eigenvalue weighted by atomic mass is 9.62. The van der Waals surface area contributed by atoms with E-state index in [-0.39, 0.29) is 35.9 Å². The quantitative estimate of drug-likeness (QED) is 0.204. The van der Waals surface area contributed by atoms with Gasteiger partial charge in [-0.3, -0.25) is 9.59 Å². The number of piperidine rings is 4. The van der Waals surface area contributed by atoms with Gasteiger partial charge in [0.1, 0.15) is 18.9 Å². The van der Waals surface area contributed by atoms with Crippen LogP contribution in [0.2, 0.25) is 0 Å². The molecule has 8 rings (SSSR count). The van der Waals surface area contributed by atoms with Crippen LogP contribution in [-0.4, -0.2) is 65.5 Å². The number of nitrogens with zero attached hydrogens (tertiary/aromatic N) is 3. The Kier molecular flexibility index (Phi) is 9.94. The van der Waals surface area contributed by atoms with Gasteiger partial charge in [0.05, 0.1) is 31.1 Å². The third kappa shape index (κ3) is 7.08. The number of primary amides is 1. The largest absolute Gasteiger partial charge is 0.489 e. The summed E-state index contributed by atoms with van der Waals surface area (Å²) >= 11 is 0. The van der Waals surface area contributed by atoms with E-state index in [1.165, 1.54) is 48.9 Å². The number of amides is 4. The summed E-state index contributed by atoms with van der Waals surface area (Å²) in [5.74, 6) is 1.27. The first-order valence-electron chi connectivity index (χ1n) is 17.9. The van der Waals surface area contributed by atoms with Crippen molar-refractivity contribution >= 4 is 35.9 Å². The number of halogens is 1. The minimum Gasteiger partial charge on any atom is -0.489 e. The van der Waals surface area contributed by atoms with E-state index < -0.39 is 11.3 Å². The minimum absolute atomic E-state index is 0. The molecule has 0 aliphatic carbocycles. The van der Waals surface area contributed by atoms with Crippen molar-refractivity contribution in [2.75, 3.05) is 37.6 Å². The number of ether oxygens (including phenoxy) is 1. The second kappa shape index (κ2) is 13.9. The number of nitrogens with two attached hydrogens (primary N) is 1. The zero-order valence-electron chi connectivity index (χ0n) is 29.5. The van der Waals surface area contributed by atoms with E-state index in [2.05, 4.69) is 41.7 Å². The van der Waals surface area contributed by atoms with Crippen LogP contribution in [0.1, 0.15) is 86.0 Å². The van der Waals surface area contributed by atoms with Crippen LogP contribution in [0.3, 0.4) is 0 Å². The van der Waals surface area contributed by atoms with Gasteiger partial charge in [-0.05, 0) is 106 Å². The molecule has 4 amide bonds. The van der Waals surface area contributed by atoms with Gasteiger partial charge in [0.25, 0.3) is 0 Å². The summed E-state index contributed by atoms with van der Waals surface area (Å²) in [5.41, 5.74) is 9.19.